The summed E-state index contributed by atoms with van der Waals surface area (Å²) < 4.78 is 0. The SMILES string of the molecule is CN=C(NC)NCC1(c2cccc(C)c2)CCCC1.I. The van der Waals surface area contributed by atoms with Crippen LogP contribution in [0.25, 0.3) is 0 Å². The molecule has 1 aromatic rings. The van der Waals surface area contributed by atoms with E-state index in [1.807, 2.05) is 14.1 Å². The van der Waals surface area contributed by atoms with Crippen molar-refractivity contribution in [2.45, 2.75) is 38.0 Å². The molecule has 20 heavy (non-hydrogen) atoms. The number of aliphatic imine (C=N–C) groups is 1. The van der Waals surface area contributed by atoms with Crippen molar-refractivity contribution in [3.05, 3.63) is 35.4 Å². The largest absolute Gasteiger partial charge is 0.359 e. The van der Waals surface area contributed by atoms with Crippen molar-refractivity contribution in [1.82, 2.24) is 10.6 Å². The molecule has 1 aliphatic carbocycles. The molecule has 2 rings (SSSR count). The molecule has 0 unspecified atom stereocenters. The number of rotatable bonds is 3. The zero-order chi connectivity index (χ0) is 13.7. The number of guanidine groups is 1. The summed E-state index contributed by atoms with van der Waals surface area (Å²) in [5.41, 5.74) is 3.10. The minimum absolute atomic E-state index is 0. The molecule has 0 heterocycles. The van der Waals surface area contributed by atoms with Crippen LogP contribution in [-0.4, -0.2) is 26.6 Å². The Balaban J connectivity index is 0.00000200. The van der Waals surface area contributed by atoms with Crippen LogP contribution in [0.4, 0.5) is 0 Å². The molecule has 0 bridgehead atoms. The summed E-state index contributed by atoms with van der Waals surface area (Å²) in [7, 11) is 3.72. The second kappa shape index (κ2) is 7.86. The van der Waals surface area contributed by atoms with E-state index in [0.29, 0.717) is 0 Å². The van der Waals surface area contributed by atoms with Gasteiger partial charge in [-0.05, 0) is 25.3 Å². The summed E-state index contributed by atoms with van der Waals surface area (Å²) in [6.45, 7) is 3.13. The number of nitrogens with zero attached hydrogens (tertiary/aromatic N) is 1. The number of hydrogen-bond acceptors (Lipinski definition) is 1. The summed E-state index contributed by atoms with van der Waals surface area (Å²) in [6.07, 6.45) is 5.19. The third-order valence-corrected chi connectivity index (χ3v) is 4.25. The van der Waals surface area contributed by atoms with Gasteiger partial charge in [0.15, 0.2) is 5.96 Å². The van der Waals surface area contributed by atoms with Gasteiger partial charge < -0.3 is 10.6 Å². The number of aryl methyl sites for hydroxylation is 1. The van der Waals surface area contributed by atoms with Crippen LogP contribution in [0.15, 0.2) is 29.3 Å². The Kier molecular flexibility index (Phi) is 6.79. The first kappa shape index (κ1) is 17.3. The Labute approximate surface area is 139 Å². The van der Waals surface area contributed by atoms with Gasteiger partial charge in [0, 0.05) is 26.1 Å². The summed E-state index contributed by atoms with van der Waals surface area (Å²) in [5.74, 6) is 0.874. The molecule has 1 saturated carbocycles. The van der Waals surface area contributed by atoms with Gasteiger partial charge in [0.2, 0.25) is 0 Å². The molecule has 0 radical (unpaired) electrons. The first-order valence-electron chi connectivity index (χ1n) is 7.16. The molecule has 0 aliphatic heterocycles. The fourth-order valence-corrected chi connectivity index (χ4v) is 3.13. The van der Waals surface area contributed by atoms with Gasteiger partial charge >= 0.3 is 0 Å². The number of benzene rings is 1. The highest BCUT2D eigenvalue weighted by Crippen LogP contribution is 2.40. The summed E-state index contributed by atoms with van der Waals surface area (Å²) >= 11 is 0. The molecule has 1 aromatic carbocycles. The van der Waals surface area contributed by atoms with Gasteiger partial charge in [-0.25, -0.2) is 0 Å². The summed E-state index contributed by atoms with van der Waals surface area (Å²) in [5, 5.41) is 6.55. The van der Waals surface area contributed by atoms with E-state index in [0.717, 1.165) is 12.5 Å². The van der Waals surface area contributed by atoms with E-state index in [9.17, 15) is 0 Å². The molecule has 1 aliphatic rings. The van der Waals surface area contributed by atoms with Gasteiger partial charge in [-0.15, -0.1) is 24.0 Å². The van der Waals surface area contributed by atoms with Crippen LogP contribution in [0.2, 0.25) is 0 Å². The monoisotopic (exact) mass is 387 g/mol. The average Bonchev–Trinajstić information content (AvgIpc) is 2.90. The zero-order valence-corrected chi connectivity index (χ0v) is 15.0. The highest BCUT2D eigenvalue weighted by atomic mass is 127. The molecular weight excluding hydrogens is 361 g/mol. The molecule has 0 atom stereocenters. The highest BCUT2D eigenvalue weighted by molar-refractivity contribution is 14.0. The molecule has 3 nitrogen and oxygen atoms in total. The molecule has 4 heteroatoms. The van der Waals surface area contributed by atoms with Crippen LogP contribution in [-0.2, 0) is 5.41 Å². The standard InChI is InChI=1S/C16H25N3.HI/c1-13-7-6-8-14(11-13)16(9-4-5-10-16)12-19-15(17-2)18-3;/h6-8,11H,4-5,9-10,12H2,1-3H3,(H2,17,18,19);1H. The van der Waals surface area contributed by atoms with Crippen molar-refractivity contribution in [2.75, 3.05) is 20.6 Å². The van der Waals surface area contributed by atoms with Crippen molar-refractivity contribution < 1.29 is 0 Å². The molecule has 0 aromatic heterocycles. The number of hydrogen-bond donors (Lipinski definition) is 2. The van der Waals surface area contributed by atoms with Crippen molar-refractivity contribution in [3.8, 4) is 0 Å². The fraction of sp³-hybridized carbons (Fsp3) is 0.562. The Morgan fingerprint density at radius 3 is 2.55 bits per heavy atom. The van der Waals surface area contributed by atoms with E-state index in [1.54, 1.807) is 0 Å². The minimum Gasteiger partial charge on any atom is -0.359 e. The van der Waals surface area contributed by atoms with E-state index in [2.05, 4.69) is 46.8 Å². The lowest BCUT2D eigenvalue weighted by Gasteiger charge is -2.31. The average molecular weight is 387 g/mol. The first-order valence-corrected chi connectivity index (χ1v) is 7.16. The molecule has 2 N–H and O–H groups in total. The number of nitrogens with one attached hydrogen (secondary N) is 2. The Morgan fingerprint density at radius 1 is 1.30 bits per heavy atom. The molecule has 0 saturated heterocycles. The van der Waals surface area contributed by atoms with Crippen molar-refractivity contribution in [2.24, 2.45) is 4.99 Å². The quantitative estimate of drug-likeness (QED) is 0.475. The Hall–Kier alpha value is -0.780. The predicted octanol–water partition coefficient (Wildman–Crippen LogP) is 3.22. The molecule has 0 amide bonds. The lowest BCUT2D eigenvalue weighted by Crippen LogP contribution is -2.43. The topological polar surface area (TPSA) is 36.4 Å². The van der Waals surface area contributed by atoms with Gasteiger partial charge in [0.1, 0.15) is 0 Å². The maximum absolute atomic E-state index is 4.20. The van der Waals surface area contributed by atoms with E-state index in [-0.39, 0.29) is 29.4 Å². The number of halogens is 1. The Morgan fingerprint density at radius 2 is 2.00 bits per heavy atom. The maximum Gasteiger partial charge on any atom is 0.190 e. The van der Waals surface area contributed by atoms with Gasteiger partial charge in [-0.2, -0.15) is 0 Å². The minimum atomic E-state index is 0. The van der Waals surface area contributed by atoms with Crippen molar-refractivity contribution in [1.29, 1.82) is 0 Å². The van der Waals surface area contributed by atoms with E-state index < -0.39 is 0 Å². The van der Waals surface area contributed by atoms with E-state index >= 15 is 0 Å². The Bertz CT molecular complexity index is 451. The second-order valence-corrected chi connectivity index (χ2v) is 5.53. The van der Waals surface area contributed by atoms with Gasteiger partial charge in [-0.3, -0.25) is 4.99 Å². The lowest BCUT2D eigenvalue weighted by atomic mass is 9.78. The summed E-state index contributed by atoms with van der Waals surface area (Å²) in [4.78, 5) is 4.20. The van der Waals surface area contributed by atoms with Gasteiger partial charge in [0.25, 0.3) is 0 Å². The van der Waals surface area contributed by atoms with Crippen molar-refractivity contribution >= 4 is 29.9 Å². The van der Waals surface area contributed by atoms with Crippen LogP contribution in [0, 0.1) is 6.92 Å². The lowest BCUT2D eigenvalue weighted by molar-refractivity contribution is 0.432. The van der Waals surface area contributed by atoms with Gasteiger partial charge in [-0.1, -0.05) is 42.7 Å². The van der Waals surface area contributed by atoms with E-state index in [4.69, 9.17) is 0 Å². The third kappa shape index (κ3) is 3.87. The summed E-state index contributed by atoms with van der Waals surface area (Å²) in [6, 6.07) is 8.97. The van der Waals surface area contributed by atoms with Crippen molar-refractivity contribution in [3.63, 3.8) is 0 Å². The smallest absolute Gasteiger partial charge is 0.190 e. The highest BCUT2D eigenvalue weighted by Gasteiger charge is 2.35. The van der Waals surface area contributed by atoms with Crippen LogP contribution < -0.4 is 10.6 Å². The van der Waals surface area contributed by atoms with Crippen LogP contribution in [0.5, 0.6) is 0 Å². The fourth-order valence-electron chi connectivity index (χ4n) is 3.13. The third-order valence-electron chi connectivity index (χ3n) is 4.25. The molecule has 0 spiro atoms. The first-order chi connectivity index (χ1) is 9.20. The van der Waals surface area contributed by atoms with Crippen LogP contribution in [0.1, 0.15) is 36.8 Å². The zero-order valence-electron chi connectivity index (χ0n) is 12.7. The normalized spacial score (nSPS) is 17.4. The maximum atomic E-state index is 4.20. The predicted molar refractivity (Wildman–Crippen MR) is 97.2 cm³/mol. The molecular formula is C16H26IN3. The van der Waals surface area contributed by atoms with Crippen LogP contribution >= 0.6 is 24.0 Å². The molecule has 1 fully saturated rings. The molecule has 112 valence electrons. The van der Waals surface area contributed by atoms with E-state index in [1.165, 1.54) is 36.8 Å². The van der Waals surface area contributed by atoms with Crippen LogP contribution in [0.3, 0.4) is 0 Å². The second-order valence-electron chi connectivity index (χ2n) is 5.53. The van der Waals surface area contributed by atoms with Gasteiger partial charge in [0.05, 0.1) is 0 Å².